The van der Waals surface area contributed by atoms with E-state index in [1.807, 2.05) is 82.2 Å². The molecule has 188 valence electrons. The zero-order valence-electron chi connectivity index (χ0n) is 21.5. The van der Waals surface area contributed by atoms with Gasteiger partial charge in [0.1, 0.15) is 0 Å². The number of nitrogen functional groups attached to an aromatic ring is 1. The smallest absolute Gasteiger partial charge is 0.159 e. The summed E-state index contributed by atoms with van der Waals surface area (Å²) in [4.78, 5) is 18.0. The van der Waals surface area contributed by atoms with Gasteiger partial charge in [-0.1, -0.05) is 72.4 Å². The van der Waals surface area contributed by atoms with Gasteiger partial charge in [-0.05, 0) is 63.5 Å². The van der Waals surface area contributed by atoms with Gasteiger partial charge < -0.3 is 10.6 Å². The highest BCUT2D eigenvalue weighted by molar-refractivity contribution is 7.77. The van der Waals surface area contributed by atoms with Gasteiger partial charge in [-0.15, -0.1) is 0 Å². The molecule has 35 heavy (non-hydrogen) atoms. The maximum Gasteiger partial charge on any atom is 0.159 e. The number of hydrogen-bond donors (Lipinski definition) is 2. The highest BCUT2D eigenvalue weighted by atomic mass is 35.5. The largest absolute Gasteiger partial charge is 0.399 e. The van der Waals surface area contributed by atoms with Crippen LogP contribution in [0, 0.1) is 13.8 Å². The van der Waals surface area contributed by atoms with Gasteiger partial charge in [0.2, 0.25) is 0 Å². The summed E-state index contributed by atoms with van der Waals surface area (Å²) in [5, 5.41) is 3.43. The summed E-state index contributed by atoms with van der Waals surface area (Å²) in [6.07, 6.45) is 5.37. The average molecular weight is 513 g/mol. The third kappa shape index (κ3) is 10.8. The first kappa shape index (κ1) is 31.9. The van der Waals surface area contributed by atoms with Crippen LogP contribution in [-0.2, 0) is 4.79 Å². The van der Waals surface area contributed by atoms with Crippen LogP contribution in [0.5, 0.6) is 0 Å². The molecule has 3 N–H and O–H groups in total. The van der Waals surface area contributed by atoms with E-state index in [-0.39, 0.29) is 0 Å². The summed E-state index contributed by atoms with van der Waals surface area (Å²) in [7, 11) is 5.63. The second-order valence-electron chi connectivity index (χ2n) is 7.63. The summed E-state index contributed by atoms with van der Waals surface area (Å²) in [5.74, 6) is 2.83. The molecule has 0 radical (unpaired) electrons. The Kier molecular flexibility index (Phi) is 15.9. The van der Waals surface area contributed by atoms with Crippen molar-refractivity contribution in [3.8, 4) is 0 Å². The van der Waals surface area contributed by atoms with E-state index in [2.05, 4.69) is 35.0 Å². The summed E-state index contributed by atoms with van der Waals surface area (Å²) in [6, 6.07) is 13.9. The average Bonchev–Trinajstić information content (AvgIpc) is 2.84. The minimum absolute atomic E-state index is 0.547. The van der Waals surface area contributed by atoms with Crippen molar-refractivity contribution in [1.82, 2.24) is 5.32 Å². The van der Waals surface area contributed by atoms with E-state index in [4.69, 9.17) is 17.3 Å². The van der Waals surface area contributed by atoms with Gasteiger partial charge in [-0.3, -0.25) is 15.1 Å². The molecule has 0 aromatic heterocycles. The van der Waals surface area contributed by atoms with Crippen LogP contribution in [0.2, 0.25) is 0 Å². The number of carbonyl (C=O) groups excluding carboxylic acids is 1. The van der Waals surface area contributed by atoms with Crippen LogP contribution in [0.4, 0.5) is 11.4 Å². The summed E-state index contributed by atoms with van der Waals surface area (Å²) < 4.78 is 0. The van der Waals surface area contributed by atoms with Crippen LogP contribution in [0.15, 0.2) is 82.9 Å². The molecule has 7 heteroatoms. The SMILES string of the molecule is C=C/C=C(C(\Cl)=C/C)/C(=N/C(C=O)NC)c1cc(C)ccc1N(C)C.C=S.Cc1cccc(N)c1. The highest BCUT2D eigenvalue weighted by Crippen LogP contribution is 2.28. The second kappa shape index (κ2) is 17.4. The number of nitrogens with two attached hydrogens (primary N) is 1. The molecule has 1 atom stereocenters. The number of hydrogen-bond acceptors (Lipinski definition) is 6. The molecule has 2 aromatic carbocycles. The van der Waals surface area contributed by atoms with E-state index < -0.39 is 6.17 Å². The van der Waals surface area contributed by atoms with E-state index in [1.165, 1.54) is 5.56 Å². The molecule has 0 amide bonds. The predicted octanol–water partition coefficient (Wildman–Crippen LogP) is 6.04. The molecule has 0 heterocycles. The van der Waals surface area contributed by atoms with Crippen LogP contribution >= 0.6 is 23.8 Å². The third-order valence-electron chi connectivity index (χ3n) is 4.67. The number of allylic oxidation sites excluding steroid dienone is 5. The Morgan fingerprint density at radius 2 is 1.80 bits per heavy atom. The normalized spacial score (nSPS) is 12.4. The van der Waals surface area contributed by atoms with Crippen molar-refractivity contribution in [2.45, 2.75) is 26.9 Å². The van der Waals surface area contributed by atoms with Gasteiger partial charge in [0, 0.05) is 41.6 Å². The van der Waals surface area contributed by atoms with Gasteiger partial charge in [0.15, 0.2) is 12.5 Å². The van der Waals surface area contributed by atoms with Crippen LogP contribution < -0.4 is 16.0 Å². The molecule has 5 nitrogen and oxygen atoms in total. The standard InChI is InChI=1S/C20H26ClN3O.C7H9N.CH2S/c1-7-9-15(17(21)8-2)20(23-19(13-25)22-4)16-12-14(3)10-11-18(16)24(5)6;1-6-3-2-4-7(8)5-6;1-2/h7-13,19,22H,1H2,2-6H3;2-5H,8H2,1H3;1H2/b15-9+,17-8+,23-20-;;. The van der Waals surface area contributed by atoms with E-state index in [9.17, 15) is 4.79 Å². The molecular formula is C28H37ClN4OS. The zero-order valence-corrected chi connectivity index (χ0v) is 23.1. The minimum atomic E-state index is -0.667. The summed E-state index contributed by atoms with van der Waals surface area (Å²) >= 11 is 10.3. The van der Waals surface area contributed by atoms with E-state index in [0.29, 0.717) is 10.7 Å². The number of benzene rings is 2. The number of likely N-dealkylation sites (N-methyl/N-ethyl adjacent to an activating group) is 1. The Hall–Kier alpha value is -3.06. The van der Waals surface area contributed by atoms with Crippen molar-refractivity contribution in [2.24, 2.45) is 4.99 Å². The lowest BCUT2D eigenvalue weighted by molar-refractivity contribution is -0.109. The monoisotopic (exact) mass is 512 g/mol. The van der Waals surface area contributed by atoms with Gasteiger partial charge in [0.25, 0.3) is 0 Å². The Morgan fingerprint density at radius 1 is 1.17 bits per heavy atom. The van der Waals surface area contributed by atoms with Crippen molar-refractivity contribution in [2.75, 3.05) is 31.8 Å². The highest BCUT2D eigenvalue weighted by Gasteiger charge is 2.19. The molecule has 0 aliphatic carbocycles. The van der Waals surface area contributed by atoms with E-state index in [1.54, 1.807) is 25.3 Å². The lowest BCUT2D eigenvalue weighted by Crippen LogP contribution is -2.27. The van der Waals surface area contributed by atoms with Crippen LogP contribution in [0.25, 0.3) is 0 Å². The lowest BCUT2D eigenvalue weighted by atomic mass is 9.97. The molecule has 1 unspecified atom stereocenters. The lowest BCUT2D eigenvalue weighted by Gasteiger charge is -2.21. The molecule has 0 bridgehead atoms. The molecule has 0 aliphatic heterocycles. The molecule has 0 spiro atoms. The fraction of sp³-hybridized carbons (Fsp3) is 0.250. The number of halogens is 1. The number of aldehydes is 1. The van der Waals surface area contributed by atoms with Crippen LogP contribution in [-0.4, -0.2) is 45.2 Å². The van der Waals surface area contributed by atoms with Crippen molar-refractivity contribution < 1.29 is 4.79 Å². The zero-order chi connectivity index (χ0) is 27.0. The number of nitrogens with one attached hydrogen (secondary N) is 1. The molecule has 0 aliphatic rings. The minimum Gasteiger partial charge on any atom is -0.399 e. The fourth-order valence-electron chi connectivity index (χ4n) is 3.03. The van der Waals surface area contributed by atoms with E-state index in [0.717, 1.165) is 34.4 Å². The number of thiocarbonyl (C=S) groups is 1. The van der Waals surface area contributed by atoms with Crippen molar-refractivity contribution >= 4 is 53.1 Å². The quantitative estimate of drug-likeness (QED) is 0.148. The van der Waals surface area contributed by atoms with E-state index >= 15 is 0 Å². The maximum atomic E-state index is 11.3. The topological polar surface area (TPSA) is 70.7 Å². The number of aryl methyl sites for hydroxylation is 2. The number of anilines is 2. The van der Waals surface area contributed by atoms with Crippen molar-refractivity contribution in [3.63, 3.8) is 0 Å². The summed E-state index contributed by atoms with van der Waals surface area (Å²) in [6.45, 7) is 9.67. The summed E-state index contributed by atoms with van der Waals surface area (Å²) in [5.41, 5.74) is 11.8. The van der Waals surface area contributed by atoms with Gasteiger partial charge >= 0.3 is 0 Å². The van der Waals surface area contributed by atoms with Gasteiger partial charge in [-0.25, -0.2) is 0 Å². The first-order valence-corrected chi connectivity index (χ1v) is 11.9. The Morgan fingerprint density at radius 3 is 2.23 bits per heavy atom. The van der Waals surface area contributed by atoms with Gasteiger partial charge in [0.05, 0.1) is 5.71 Å². The number of carbonyl (C=O) groups is 1. The molecule has 0 saturated carbocycles. The number of nitrogens with zero attached hydrogens (tertiary/aromatic N) is 2. The first-order valence-electron chi connectivity index (χ1n) is 10.9. The second-order valence-corrected chi connectivity index (χ2v) is 8.04. The van der Waals surface area contributed by atoms with Crippen molar-refractivity contribution in [1.29, 1.82) is 0 Å². The Balaban J connectivity index is 0.000000961. The maximum absolute atomic E-state index is 11.3. The third-order valence-corrected chi connectivity index (χ3v) is 5.10. The molecular weight excluding hydrogens is 476 g/mol. The molecule has 0 saturated heterocycles. The first-order chi connectivity index (χ1) is 16.7. The number of rotatable bonds is 8. The van der Waals surface area contributed by atoms with Crippen molar-refractivity contribution in [3.05, 3.63) is 94.6 Å². The van der Waals surface area contributed by atoms with Crippen LogP contribution in [0.1, 0.15) is 23.6 Å². The number of aliphatic imine (C=N–C) groups is 1. The fourth-order valence-corrected chi connectivity index (χ4v) is 3.18. The molecule has 2 rings (SSSR count). The molecule has 0 fully saturated rings. The predicted molar refractivity (Wildman–Crippen MR) is 159 cm³/mol. The Labute approximate surface area is 221 Å². The Bertz CT molecular complexity index is 1040. The molecule has 2 aromatic rings. The van der Waals surface area contributed by atoms with Gasteiger partial charge in [-0.2, -0.15) is 0 Å². The van der Waals surface area contributed by atoms with Crippen LogP contribution in [0.3, 0.4) is 0 Å².